The topological polar surface area (TPSA) is 35.0 Å². The van der Waals surface area contributed by atoms with Crippen molar-refractivity contribution in [1.82, 2.24) is 6.15 Å². The highest BCUT2D eigenvalue weighted by Crippen LogP contribution is 2.35. The summed E-state index contributed by atoms with van der Waals surface area (Å²) in [7, 11) is 0. The standard InChI is InChI=1S/C38H77Cl.H3N/c1-4-7-10-13-16-19-22-25-28-31-34-37-38(39,35-32-29-26-23-20-17-14-11-8-5-2)36-33-30-27-24-21-18-15-12-9-6-3;/h4-37H2,1-3H3;1H3. The highest BCUT2D eigenvalue weighted by Gasteiger charge is 2.25. The van der Waals surface area contributed by atoms with Gasteiger partial charge >= 0.3 is 0 Å². The Bertz CT molecular complexity index is 413. The number of hydrogen-bond acceptors (Lipinski definition) is 1. The molecular weight excluding hydrogens is 506 g/mol. The quantitative estimate of drug-likeness (QED) is 0.0591. The van der Waals surface area contributed by atoms with Crippen LogP contribution >= 0.6 is 11.6 Å². The third-order valence-electron chi connectivity index (χ3n) is 9.19. The third kappa shape index (κ3) is 32.8. The van der Waals surface area contributed by atoms with E-state index in [0.717, 1.165) is 0 Å². The van der Waals surface area contributed by atoms with E-state index in [1.807, 2.05) is 0 Å². The van der Waals surface area contributed by atoms with E-state index in [-0.39, 0.29) is 11.0 Å². The van der Waals surface area contributed by atoms with E-state index in [0.29, 0.717) is 0 Å². The van der Waals surface area contributed by atoms with Gasteiger partial charge in [-0.05, 0) is 19.3 Å². The van der Waals surface area contributed by atoms with E-state index in [4.69, 9.17) is 11.6 Å². The molecule has 0 aromatic rings. The number of halogens is 1. The fraction of sp³-hybridized carbons (Fsp3) is 1.00. The van der Waals surface area contributed by atoms with Crippen LogP contribution in [0, 0.1) is 0 Å². The molecule has 0 aromatic carbocycles. The van der Waals surface area contributed by atoms with Gasteiger partial charge in [0.05, 0.1) is 0 Å². The largest absolute Gasteiger partial charge is 0.344 e. The van der Waals surface area contributed by atoms with Crippen molar-refractivity contribution in [3.63, 3.8) is 0 Å². The maximum Gasteiger partial charge on any atom is 0.0446 e. The zero-order chi connectivity index (χ0) is 28.5. The molecular formula is C38H80ClN. The summed E-state index contributed by atoms with van der Waals surface area (Å²) in [6.07, 6.45) is 48.0. The van der Waals surface area contributed by atoms with E-state index < -0.39 is 0 Å². The maximum atomic E-state index is 7.38. The van der Waals surface area contributed by atoms with Gasteiger partial charge in [-0.25, -0.2) is 0 Å². The zero-order valence-corrected chi connectivity index (χ0v) is 29.4. The monoisotopic (exact) mass is 586 g/mol. The lowest BCUT2D eigenvalue weighted by atomic mass is 9.88. The lowest BCUT2D eigenvalue weighted by molar-refractivity contribution is 0.394. The molecule has 0 aromatic heterocycles. The molecule has 2 heteroatoms. The molecule has 0 saturated heterocycles. The fourth-order valence-corrected chi connectivity index (χ4v) is 6.74. The van der Waals surface area contributed by atoms with Gasteiger partial charge in [0.15, 0.2) is 0 Å². The maximum absolute atomic E-state index is 7.38. The molecule has 0 bridgehead atoms. The second-order valence-corrected chi connectivity index (χ2v) is 14.1. The zero-order valence-electron chi connectivity index (χ0n) is 28.6. The summed E-state index contributed by atoms with van der Waals surface area (Å²) >= 11 is 7.38. The number of rotatable bonds is 34. The molecule has 3 N–H and O–H groups in total. The Morgan fingerprint density at radius 2 is 0.425 bits per heavy atom. The van der Waals surface area contributed by atoms with Crippen molar-refractivity contribution < 1.29 is 0 Å². The molecule has 0 aliphatic carbocycles. The molecule has 0 saturated carbocycles. The molecule has 0 unspecified atom stereocenters. The summed E-state index contributed by atoms with van der Waals surface area (Å²) < 4.78 is 0. The van der Waals surface area contributed by atoms with Gasteiger partial charge in [0.1, 0.15) is 0 Å². The first-order valence-corrected chi connectivity index (χ1v) is 19.2. The molecule has 0 heterocycles. The van der Waals surface area contributed by atoms with Gasteiger partial charge in [0.25, 0.3) is 0 Å². The minimum atomic E-state index is 0. The average molecular weight is 587 g/mol. The molecule has 244 valence electrons. The van der Waals surface area contributed by atoms with Crippen LogP contribution in [-0.4, -0.2) is 4.87 Å². The van der Waals surface area contributed by atoms with Gasteiger partial charge in [-0.15, -0.1) is 11.6 Å². The second kappa shape index (κ2) is 35.4. The van der Waals surface area contributed by atoms with Crippen LogP contribution in [0.4, 0.5) is 0 Å². The van der Waals surface area contributed by atoms with Gasteiger partial charge in [0, 0.05) is 4.87 Å². The van der Waals surface area contributed by atoms with Crippen LogP contribution in [-0.2, 0) is 0 Å². The van der Waals surface area contributed by atoms with Crippen molar-refractivity contribution in [3.8, 4) is 0 Å². The minimum Gasteiger partial charge on any atom is -0.344 e. The van der Waals surface area contributed by atoms with E-state index in [1.54, 1.807) is 0 Å². The minimum absolute atomic E-state index is 0. The molecule has 0 fully saturated rings. The highest BCUT2D eigenvalue weighted by molar-refractivity contribution is 6.23. The Kier molecular flexibility index (Phi) is 37.6. The van der Waals surface area contributed by atoms with Gasteiger partial charge < -0.3 is 6.15 Å². The van der Waals surface area contributed by atoms with Crippen LogP contribution in [0.3, 0.4) is 0 Å². The van der Waals surface area contributed by atoms with Crippen molar-refractivity contribution in [3.05, 3.63) is 0 Å². The van der Waals surface area contributed by atoms with Crippen LogP contribution in [0.1, 0.15) is 239 Å². The van der Waals surface area contributed by atoms with E-state index in [2.05, 4.69) is 20.8 Å². The Hall–Kier alpha value is 0.250. The number of hydrogen-bond donors (Lipinski definition) is 1. The van der Waals surface area contributed by atoms with Crippen LogP contribution in [0.5, 0.6) is 0 Å². The second-order valence-electron chi connectivity index (χ2n) is 13.3. The molecule has 0 aliphatic rings. The van der Waals surface area contributed by atoms with Crippen molar-refractivity contribution in [2.45, 2.75) is 244 Å². The Labute approximate surface area is 261 Å². The smallest absolute Gasteiger partial charge is 0.0446 e. The molecule has 0 aliphatic heterocycles. The average Bonchev–Trinajstić information content (AvgIpc) is 2.94. The number of unbranched alkanes of at least 4 members (excludes halogenated alkanes) is 28. The van der Waals surface area contributed by atoms with Crippen molar-refractivity contribution in [1.29, 1.82) is 0 Å². The van der Waals surface area contributed by atoms with E-state index in [1.165, 1.54) is 218 Å². The van der Waals surface area contributed by atoms with Crippen molar-refractivity contribution >= 4 is 11.6 Å². The first-order chi connectivity index (χ1) is 19.2. The van der Waals surface area contributed by atoms with Crippen LogP contribution < -0.4 is 6.15 Å². The van der Waals surface area contributed by atoms with Gasteiger partial charge in [-0.2, -0.15) is 0 Å². The molecule has 0 rings (SSSR count). The summed E-state index contributed by atoms with van der Waals surface area (Å²) in [5, 5.41) is 0. The Morgan fingerprint density at radius 3 is 0.600 bits per heavy atom. The molecule has 40 heavy (non-hydrogen) atoms. The molecule has 1 nitrogen and oxygen atoms in total. The predicted octanol–water partition coefficient (Wildman–Crippen LogP) is 15.4. The lowest BCUT2D eigenvalue weighted by Crippen LogP contribution is -2.21. The van der Waals surface area contributed by atoms with Gasteiger partial charge in [0.2, 0.25) is 0 Å². The normalized spacial score (nSPS) is 11.7. The van der Waals surface area contributed by atoms with Crippen molar-refractivity contribution in [2.75, 3.05) is 0 Å². The fourth-order valence-electron chi connectivity index (χ4n) is 6.34. The first-order valence-electron chi connectivity index (χ1n) is 18.9. The molecule has 0 amide bonds. The summed E-state index contributed by atoms with van der Waals surface area (Å²) in [6.45, 7) is 6.93. The Morgan fingerprint density at radius 1 is 0.275 bits per heavy atom. The first kappa shape index (κ1) is 42.4. The highest BCUT2D eigenvalue weighted by atomic mass is 35.5. The van der Waals surface area contributed by atoms with Crippen molar-refractivity contribution in [2.24, 2.45) is 0 Å². The third-order valence-corrected chi connectivity index (χ3v) is 9.75. The SMILES string of the molecule is CCCCCCCCCCCCCC(Cl)(CCCCCCCCCCCC)CCCCCCCCCCCC.N. The summed E-state index contributed by atoms with van der Waals surface area (Å²) in [5.41, 5.74) is 0. The lowest BCUT2D eigenvalue weighted by Gasteiger charge is -2.27. The van der Waals surface area contributed by atoms with E-state index >= 15 is 0 Å². The summed E-state index contributed by atoms with van der Waals surface area (Å²) in [5.74, 6) is 0. The predicted molar refractivity (Wildman–Crippen MR) is 188 cm³/mol. The number of alkyl halides is 1. The molecule has 0 atom stereocenters. The van der Waals surface area contributed by atoms with Gasteiger partial charge in [-0.1, -0.05) is 220 Å². The molecule has 0 spiro atoms. The summed E-state index contributed by atoms with van der Waals surface area (Å²) in [4.78, 5) is 0.0968. The van der Waals surface area contributed by atoms with Gasteiger partial charge in [-0.3, -0.25) is 0 Å². The van der Waals surface area contributed by atoms with Crippen LogP contribution in [0.2, 0.25) is 0 Å². The Balaban J connectivity index is 0. The van der Waals surface area contributed by atoms with Crippen LogP contribution in [0.25, 0.3) is 0 Å². The van der Waals surface area contributed by atoms with Crippen LogP contribution in [0.15, 0.2) is 0 Å². The summed E-state index contributed by atoms with van der Waals surface area (Å²) in [6, 6.07) is 0. The van der Waals surface area contributed by atoms with E-state index in [9.17, 15) is 0 Å². The molecule has 0 radical (unpaired) electrons.